The summed E-state index contributed by atoms with van der Waals surface area (Å²) in [5.41, 5.74) is 4.77. The van der Waals surface area contributed by atoms with Crippen LogP contribution in [0.5, 0.6) is 5.88 Å². The van der Waals surface area contributed by atoms with Crippen LogP contribution < -0.4 is 5.69 Å². The first-order valence-corrected chi connectivity index (χ1v) is 7.98. The summed E-state index contributed by atoms with van der Waals surface area (Å²) in [4.78, 5) is 16.8. The monoisotopic (exact) mass is 331 g/mol. The molecule has 1 aliphatic heterocycles. The molecule has 4 rings (SSSR count). The van der Waals surface area contributed by atoms with E-state index in [0.29, 0.717) is 5.69 Å². The lowest BCUT2D eigenvalue weighted by Crippen LogP contribution is -2.19. The number of fused-ring (bicyclic) bond motifs is 1. The minimum absolute atomic E-state index is 0.0585. The fourth-order valence-electron chi connectivity index (χ4n) is 3.11. The number of nitrogens with zero attached hydrogens (tertiary/aromatic N) is 3. The third kappa shape index (κ3) is 2.32. The van der Waals surface area contributed by atoms with Crippen LogP contribution in [0, 0.1) is 0 Å². The van der Waals surface area contributed by atoms with Gasteiger partial charge in [-0.1, -0.05) is 48.5 Å². The highest BCUT2D eigenvalue weighted by Crippen LogP contribution is 2.38. The molecule has 0 bridgehead atoms. The fourth-order valence-corrected chi connectivity index (χ4v) is 3.11. The number of allylic oxidation sites excluding steroid dienone is 1. The molecule has 124 valence electrons. The zero-order valence-corrected chi connectivity index (χ0v) is 14.0. The van der Waals surface area contributed by atoms with Gasteiger partial charge in [0.05, 0.1) is 11.4 Å². The zero-order valence-electron chi connectivity index (χ0n) is 14.0. The molecular weight excluding hydrogens is 314 g/mol. The van der Waals surface area contributed by atoms with E-state index in [9.17, 15) is 9.90 Å². The Morgan fingerprint density at radius 3 is 2.32 bits per heavy atom. The molecule has 0 saturated heterocycles. The molecule has 1 aliphatic rings. The molecule has 0 spiro atoms. The topological polar surface area (TPSA) is 59.5 Å². The number of benzene rings is 2. The van der Waals surface area contributed by atoms with Crippen molar-refractivity contribution in [2.24, 2.45) is 19.1 Å². The molecule has 0 saturated carbocycles. The Bertz CT molecular complexity index is 1090. The fraction of sp³-hybridized carbons (Fsp3) is 0.100. The van der Waals surface area contributed by atoms with Crippen molar-refractivity contribution in [1.29, 1.82) is 0 Å². The molecule has 2 aromatic carbocycles. The number of hydrogen-bond acceptors (Lipinski definition) is 3. The van der Waals surface area contributed by atoms with E-state index in [1.54, 1.807) is 14.1 Å². The number of hydrogen-bond donors (Lipinski definition) is 1. The zero-order chi connectivity index (χ0) is 17.6. The molecule has 0 radical (unpaired) electrons. The van der Waals surface area contributed by atoms with Crippen LogP contribution in [0.4, 0.5) is 5.69 Å². The molecule has 0 unspecified atom stereocenters. The predicted molar refractivity (Wildman–Crippen MR) is 99.3 cm³/mol. The third-order valence-electron chi connectivity index (χ3n) is 4.49. The van der Waals surface area contributed by atoms with Gasteiger partial charge in [0.25, 0.3) is 0 Å². The second kappa shape index (κ2) is 5.63. The lowest BCUT2D eigenvalue weighted by atomic mass is 9.97. The first-order chi connectivity index (χ1) is 12.1. The molecule has 1 aromatic heterocycles. The molecule has 25 heavy (non-hydrogen) atoms. The van der Waals surface area contributed by atoms with Crippen molar-refractivity contribution < 1.29 is 5.11 Å². The maximum absolute atomic E-state index is 12.1. The second-order valence-electron chi connectivity index (χ2n) is 6.01. The van der Waals surface area contributed by atoms with Crippen LogP contribution in [0.3, 0.4) is 0 Å². The van der Waals surface area contributed by atoms with E-state index in [1.165, 1.54) is 9.13 Å². The largest absolute Gasteiger partial charge is 0.493 e. The number of aromatic nitrogens is 2. The maximum atomic E-state index is 12.1. The number of para-hydroxylation sites is 1. The van der Waals surface area contributed by atoms with Gasteiger partial charge in [-0.05, 0) is 12.1 Å². The standard InChI is InChI=1S/C20H17N3O2/c1-22-17(19(24)23(2)20(22)25)12-15-14-10-6-7-11-16(14)21-18(15)13-8-4-3-5-9-13/h3-12,24H,1-2H3/b15-12+. The highest BCUT2D eigenvalue weighted by molar-refractivity contribution is 6.38. The summed E-state index contributed by atoms with van der Waals surface area (Å²) in [5.74, 6) is -0.0585. The van der Waals surface area contributed by atoms with Crippen LogP contribution in [0.1, 0.15) is 16.8 Å². The molecule has 3 aromatic rings. The highest BCUT2D eigenvalue weighted by Gasteiger charge is 2.23. The summed E-state index contributed by atoms with van der Waals surface area (Å²) in [6, 6.07) is 17.8. The molecule has 5 nitrogen and oxygen atoms in total. The van der Waals surface area contributed by atoms with E-state index in [1.807, 2.05) is 60.7 Å². The predicted octanol–water partition coefficient (Wildman–Crippen LogP) is 3.10. The van der Waals surface area contributed by atoms with Crippen LogP contribution in [-0.2, 0) is 14.1 Å². The summed E-state index contributed by atoms with van der Waals surface area (Å²) in [7, 11) is 3.20. The maximum Gasteiger partial charge on any atom is 0.330 e. The average Bonchev–Trinajstić information content (AvgIpc) is 3.10. The first-order valence-electron chi connectivity index (χ1n) is 7.98. The summed E-state index contributed by atoms with van der Waals surface area (Å²) in [6.07, 6.45) is 1.83. The van der Waals surface area contributed by atoms with Gasteiger partial charge >= 0.3 is 5.69 Å². The van der Waals surface area contributed by atoms with Gasteiger partial charge < -0.3 is 5.11 Å². The summed E-state index contributed by atoms with van der Waals surface area (Å²) >= 11 is 0. The van der Waals surface area contributed by atoms with Gasteiger partial charge in [-0.25, -0.2) is 9.79 Å². The number of rotatable bonds is 2. The summed E-state index contributed by atoms with van der Waals surface area (Å²) in [6.45, 7) is 0. The van der Waals surface area contributed by atoms with E-state index < -0.39 is 0 Å². The number of aromatic hydroxyl groups is 1. The van der Waals surface area contributed by atoms with Gasteiger partial charge in [-0.3, -0.25) is 9.13 Å². The van der Waals surface area contributed by atoms with E-state index in [-0.39, 0.29) is 11.6 Å². The third-order valence-corrected chi connectivity index (χ3v) is 4.49. The van der Waals surface area contributed by atoms with Crippen molar-refractivity contribution in [2.45, 2.75) is 0 Å². The summed E-state index contributed by atoms with van der Waals surface area (Å²) in [5, 5.41) is 10.3. The number of imidazole rings is 1. The van der Waals surface area contributed by atoms with Crippen molar-refractivity contribution in [1.82, 2.24) is 9.13 Å². The molecule has 5 heteroatoms. The summed E-state index contributed by atoms with van der Waals surface area (Å²) < 4.78 is 2.67. The van der Waals surface area contributed by atoms with Crippen LogP contribution >= 0.6 is 0 Å². The van der Waals surface area contributed by atoms with E-state index in [0.717, 1.165) is 28.1 Å². The molecule has 2 heterocycles. The Morgan fingerprint density at radius 2 is 1.64 bits per heavy atom. The minimum Gasteiger partial charge on any atom is -0.493 e. The lowest BCUT2D eigenvalue weighted by molar-refractivity contribution is 0.428. The van der Waals surface area contributed by atoms with Gasteiger partial charge in [0.15, 0.2) is 0 Å². The Labute approximate surface area is 144 Å². The van der Waals surface area contributed by atoms with Crippen molar-refractivity contribution in [3.63, 3.8) is 0 Å². The van der Waals surface area contributed by atoms with Gasteiger partial charge in [0, 0.05) is 30.8 Å². The van der Waals surface area contributed by atoms with E-state index in [2.05, 4.69) is 0 Å². The normalized spacial score (nSPS) is 14.6. The first kappa shape index (κ1) is 15.2. The van der Waals surface area contributed by atoms with Crippen LogP contribution in [0.2, 0.25) is 0 Å². The molecule has 0 aliphatic carbocycles. The van der Waals surface area contributed by atoms with E-state index in [4.69, 9.17) is 4.99 Å². The highest BCUT2D eigenvalue weighted by atomic mass is 16.3. The van der Waals surface area contributed by atoms with Gasteiger partial charge in [-0.2, -0.15) is 0 Å². The Hall–Kier alpha value is -3.34. The van der Waals surface area contributed by atoms with Gasteiger partial charge in [0.2, 0.25) is 5.88 Å². The average molecular weight is 331 g/mol. The van der Waals surface area contributed by atoms with Crippen LogP contribution in [0.25, 0.3) is 11.6 Å². The number of aliphatic imine (C=N–C) groups is 1. The quantitative estimate of drug-likeness (QED) is 0.784. The molecule has 0 amide bonds. The van der Waals surface area contributed by atoms with Crippen LogP contribution in [0.15, 0.2) is 64.4 Å². The minimum atomic E-state index is -0.270. The molecule has 0 fully saturated rings. The lowest BCUT2D eigenvalue weighted by Gasteiger charge is -2.06. The van der Waals surface area contributed by atoms with Crippen LogP contribution in [-0.4, -0.2) is 20.0 Å². The Balaban J connectivity index is 1.96. The Kier molecular flexibility index (Phi) is 3.42. The van der Waals surface area contributed by atoms with Crippen molar-refractivity contribution in [3.8, 4) is 5.88 Å². The SMILES string of the molecule is Cn1c(O)c(/C=C2/C(c3ccccc3)=Nc3ccccc32)n(C)c1=O. The van der Waals surface area contributed by atoms with Crippen molar-refractivity contribution in [3.05, 3.63) is 81.9 Å². The van der Waals surface area contributed by atoms with Gasteiger partial charge in [0.1, 0.15) is 5.69 Å². The van der Waals surface area contributed by atoms with E-state index >= 15 is 0 Å². The molecule has 0 atom stereocenters. The van der Waals surface area contributed by atoms with Crippen molar-refractivity contribution in [2.75, 3.05) is 0 Å². The smallest absolute Gasteiger partial charge is 0.330 e. The Morgan fingerprint density at radius 1 is 0.960 bits per heavy atom. The van der Waals surface area contributed by atoms with Gasteiger partial charge in [-0.15, -0.1) is 0 Å². The van der Waals surface area contributed by atoms with Crippen molar-refractivity contribution >= 4 is 23.0 Å². The molecular formula is C20H17N3O2. The molecule has 1 N–H and O–H groups in total. The second-order valence-corrected chi connectivity index (χ2v) is 6.01.